The molecular weight excluding hydrogens is 292 g/mol. The number of aromatic nitrogens is 1. The molecule has 0 radical (unpaired) electrons. The summed E-state index contributed by atoms with van der Waals surface area (Å²) in [6.45, 7) is 0.188. The molecular formula is C14H14N2O4S. The topological polar surface area (TPSA) is 77.5 Å². The number of methoxy groups -OCH3 is 1. The summed E-state index contributed by atoms with van der Waals surface area (Å²) in [6.07, 6.45) is -0.508. The van der Waals surface area contributed by atoms with E-state index >= 15 is 0 Å². The fourth-order valence-corrected chi connectivity index (χ4v) is 2.21. The number of ether oxygens (including phenoxy) is 2. The lowest BCUT2D eigenvalue weighted by Crippen LogP contribution is -2.13. The van der Waals surface area contributed by atoms with Gasteiger partial charge in [-0.25, -0.2) is 9.78 Å². The molecule has 1 heterocycles. The molecule has 0 bridgehead atoms. The first-order chi connectivity index (χ1) is 10.2. The highest BCUT2D eigenvalue weighted by atomic mass is 32.1. The molecule has 0 aliphatic carbocycles. The van der Waals surface area contributed by atoms with E-state index in [1.165, 1.54) is 18.4 Å². The van der Waals surface area contributed by atoms with Crippen LogP contribution in [0.15, 0.2) is 35.7 Å². The van der Waals surface area contributed by atoms with Crippen molar-refractivity contribution < 1.29 is 19.1 Å². The Morgan fingerprint density at radius 1 is 1.29 bits per heavy atom. The maximum atomic E-state index is 11.6. The summed E-state index contributed by atoms with van der Waals surface area (Å²) < 4.78 is 9.61. The molecule has 0 saturated heterocycles. The SMILES string of the molecule is COC(=O)Cc1csc(NC(=O)OCc2ccccc2)n1. The lowest BCUT2D eigenvalue weighted by atomic mass is 10.2. The summed E-state index contributed by atoms with van der Waals surface area (Å²) in [5.74, 6) is -0.376. The third kappa shape index (κ3) is 4.88. The minimum absolute atomic E-state index is 0.0771. The number of hydrogen-bond acceptors (Lipinski definition) is 6. The van der Waals surface area contributed by atoms with Gasteiger partial charge in [0, 0.05) is 5.38 Å². The molecule has 0 atom stereocenters. The molecule has 0 aliphatic heterocycles. The van der Waals surface area contributed by atoms with Crippen molar-refractivity contribution >= 4 is 28.5 Å². The largest absolute Gasteiger partial charge is 0.469 e. The van der Waals surface area contributed by atoms with Crippen molar-refractivity contribution in [3.05, 3.63) is 47.0 Å². The van der Waals surface area contributed by atoms with E-state index in [-0.39, 0.29) is 19.0 Å². The van der Waals surface area contributed by atoms with Gasteiger partial charge in [-0.2, -0.15) is 0 Å². The fourth-order valence-electron chi connectivity index (χ4n) is 1.51. The molecule has 1 amide bonds. The Morgan fingerprint density at radius 2 is 2.05 bits per heavy atom. The van der Waals surface area contributed by atoms with E-state index in [1.54, 1.807) is 5.38 Å². The summed E-state index contributed by atoms with van der Waals surface area (Å²) in [4.78, 5) is 26.8. The van der Waals surface area contributed by atoms with Crippen molar-refractivity contribution in [3.8, 4) is 0 Å². The third-order valence-corrected chi connectivity index (χ3v) is 3.33. The van der Waals surface area contributed by atoms with Gasteiger partial charge in [0.05, 0.1) is 19.2 Å². The molecule has 0 fully saturated rings. The summed E-state index contributed by atoms with van der Waals surface area (Å²) in [6, 6.07) is 9.37. The molecule has 1 aromatic heterocycles. The molecule has 2 aromatic rings. The van der Waals surface area contributed by atoms with Crippen LogP contribution >= 0.6 is 11.3 Å². The molecule has 7 heteroatoms. The van der Waals surface area contributed by atoms with Gasteiger partial charge in [-0.1, -0.05) is 30.3 Å². The van der Waals surface area contributed by atoms with Crippen molar-refractivity contribution in [2.75, 3.05) is 12.4 Å². The van der Waals surface area contributed by atoms with E-state index in [1.807, 2.05) is 30.3 Å². The number of nitrogens with zero attached hydrogens (tertiary/aromatic N) is 1. The first-order valence-corrected chi connectivity index (χ1v) is 7.04. The van der Waals surface area contributed by atoms with Gasteiger partial charge in [-0.15, -0.1) is 11.3 Å². The second-order valence-electron chi connectivity index (χ2n) is 4.08. The Bertz CT molecular complexity index is 612. The zero-order valence-corrected chi connectivity index (χ0v) is 12.2. The quantitative estimate of drug-likeness (QED) is 0.859. The van der Waals surface area contributed by atoms with Crippen LogP contribution in [-0.2, 0) is 27.3 Å². The van der Waals surface area contributed by atoms with Gasteiger partial charge in [-0.05, 0) is 5.56 Å². The number of amides is 1. The predicted molar refractivity (Wildman–Crippen MR) is 78.1 cm³/mol. The zero-order chi connectivity index (χ0) is 15.1. The van der Waals surface area contributed by atoms with Crippen LogP contribution in [-0.4, -0.2) is 24.2 Å². The summed E-state index contributed by atoms with van der Waals surface area (Å²) in [5.41, 5.74) is 1.45. The molecule has 2 rings (SSSR count). The lowest BCUT2D eigenvalue weighted by molar-refractivity contribution is -0.139. The summed E-state index contributed by atoms with van der Waals surface area (Å²) >= 11 is 1.22. The number of hydrogen-bond donors (Lipinski definition) is 1. The highest BCUT2D eigenvalue weighted by Crippen LogP contribution is 2.16. The molecule has 110 valence electrons. The van der Waals surface area contributed by atoms with Crippen molar-refractivity contribution in [3.63, 3.8) is 0 Å². The highest BCUT2D eigenvalue weighted by Gasteiger charge is 2.10. The minimum atomic E-state index is -0.585. The smallest absolute Gasteiger partial charge is 0.413 e. The van der Waals surface area contributed by atoms with Gasteiger partial charge >= 0.3 is 12.1 Å². The number of benzene rings is 1. The maximum absolute atomic E-state index is 11.6. The number of rotatable bonds is 5. The second-order valence-corrected chi connectivity index (χ2v) is 4.94. The van der Waals surface area contributed by atoms with Crippen LogP contribution in [0, 0.1) is 0 Å². The lowest BCUT2D eigenvalue weighted by Gasteiger charge is -2.04. The Morgan fingerprint density at radius 3 is 2.76 bits per heavy atom. The number of esters is 1. The minimum Gasteiger partial charge on any atom is -0.469 e. The van der Waals surface area contributed by atoms with Gasteiger partial charge in [0.25, 0.3) is 0 Å². The van der Waals surface area contributed by atoms with E-state index < -0.39 is 6.09 Å². The summed E-state index contributed by atoms with van der Waals surface area (Å²) in [7, 11) is 1.31. The van der Waals surface area contributed by atoms with Crippen molar-refractivity contribution in [1.82, 2.24) is 4.98 Å². The Labute approximate surface area is 125 Å². The molecule has 0 spiro atoms. The molecule has 21 heavy (non-hydrogen) atoms. The molecule has 0 aliphatic rings. The van der Waals surface area contributed by atoms with Gasteiger partial charge in [0.2, 0.25) is 0 Å². The molecule has 0 saturated carbocycles. The van der Waals surface area contributed by atoms with Crippen LogP contribution in [0.2, 0.25) is 0 Å². The molecule has 1 N–H and O–H groups in total. The Kier molecular flexibility index (Phi) is 5.28. The molecule has 0 unspecified atom stereocenters. The molecule has 6 nitrogen and oxygen atoms in total. The number of thiazole rings is 1. The Balaban J connectivity index is 1.81. The van der Waals surface area contributed by atoms with Crippen molar-refractivity contribution in [2.24, 2.45) is 0 Å². The van der Waals surface area contributed by atoms with E-state index in [0.29, 0.717) is 10.8 Å². The van der Waals surface area contributed by atoms with E-state index in [9.17, 15) is 9.59 Å². The number of carbonyl (C=O) groups is 2. The average molecular weight is 306 g/mol. The normalized spacial score (nSPS) is 9.95. The monoisotopic (exact) mass is 306 g/mol. The van der Waals surface area contributed by atoms with E-state index in [4.69, 9.17) is 4.74 Å². The van der Waals surface area contributed by atoms with Crippen molar-refractivity contribution in [2.45, 2.75) is 13.0 Å². The highest BCUT2D eigenvalue weighted by molar-refractivity contribution is 7.13. The maximum Gasteiger partial charge on any atom is 0.413 e. The average Bonchev–Trinajstić information content (AvgIpc) is 2.93. The van der Waals surface area contributed by atoms with Crippen LogP contribution < -0.4 is 5.32 Å². The van der Waals surface area contributed by atoms with Crippen molar-refractivity contribution in [1.29, 1.82) is 0 Å². The first-order valence-electron chi connectivity index (χ1n) is 6.16. The van der Waals surface area contributed by atoms with Gasteiger partial charge in [-0.3, -0.25) is 10.1 Å². The second kappa shape index (κ2) is 7.39. The number of nitrogens with one attached hydrogen (secondary N) is 1. The summed E-state index contributed by atoms with van der Waals surface area (Å²) in [5, 5.41) is 4.58. The van der Waals surface area contributed by atoms with Gasteiger partial charge in [0.15, 0.2) is 5.13 Å². The van der Waals surface area contributed by atoms with Crippen LogP contribution in [0.25, 0.3) is 0 Å². The molecule has 1 aromatic carbocycles. The standard InChI is InChI=1S/C14H14N2O4S/c1-19-12(17)7-11-9-21-13(15-11)16-14(18)20-8-10-5-3-2-4-6-10/h2-6,9H,7-8H2,1H3,(H,15,16,18). The first kappa shape index (κ1) is 15.0. The number of carbonyl (C=O) groups excluding carboxylic acids is 2. The fraction of sp³-hybridized carbons (Fsp3) is 0.214. The number of anilines is 1. The van der Waals surface area contributed by atoms with E-state index in [0.717, 1.165) is 5.56 Å². The zero-order valence-electron chi connectivity index (χ0n) is 11.4. The Hall–Kier alpha value is -2.41. The predicted octanol–water partition coefficient (Wildman–Crippen LogP) is 2.61. The van der Waals surface area contributed by atoms with Gasteiger partial charge in [0.1, 0.15) is 6.61 Å². The van der Waals surface area contributed by atoms with Crippen LogP contribution in [0.3, 0.4) is 0 Å². The van der Waals surface area contributed by atoms with Gasteiger partial charge < -0.3 is 9.47 Å². The third-order valence-electron chi connectivity index (χ3n) is 2.53. The van der Waals surface area contributed by atoms with Crippen LogP contribution in [0.5, 0.6) is 0 Å². The van der Waals surface area contributed by atoms with Crippen LogP contribution in [0.1, 0.15) is 11.3 Å². The van der Waals surface area contributed by atoms with Crippen LogP contribution in [0.4, 0.5) is 9.93 Å². The van der Waals surface area contributed by atoms with E-state index in [2.05, 4.69) is 15.0 Å².